The monoisotopic (exact) mass is 469 g/mol. The molecule has 0 amide bonds. The summed E-state index contributed by atoms with van der Waals surface area (Å²) in [6.07, 6.45) is 1.25. The quantitative estimate of drug-likeness (QED) is 0.331. The second-order valence-corrected chi connectivity index (χ2v) is 6.73. The molecule has 2 N–H and O–H groups in total. The third kappa shape index (κ3) is 8.48. The van der Waals surface area contributed by atoms with Crippen molar-refractivity contribution in [2.24, 2.45) is 10.9 Å². The normalized spacial score (nSPS) is 12.7. The molecule has 6 nitrogen and oxygen atoms in total. The van der Waals surface area contributed by atoms with Crippen molar-refractivity contribution >= 4 is 46.4 Å². The van der Waals surface area contributed by atoms with E-state index in [2.05, 4.69) is 39.8 Å². The average Bonchev–Trinajstić information content (AvgIpc) is 2.98. The molecule has 0 aliphatic carbocycles. The van der Waals surface area contributed by atoms with Gasteiger partial charge in [-0.15, -0.1) is 35.3 Å². The molecule has 0 aliphatic rings. The number of hydrogen-bond donors (Lipinski definition) is 2. The zero-order chi connectivity index (χ0) is 17.2. The van der Waals surface area contributed by atoms with Crippen LogP contribution in [0.1, 0.15) is 32.9 Å². The Balaban J connectivity index is 0.00000529. The highest BCUT2D eigenvalue weighted by Gasteiger charge is 2.13. The first-order chi connectivity index (χ1) is 11.0. The first kappa shape index (κ1) is 23.4. The second-order valence-electron chi connectivity index (χ2n) is 5.89. The fourth-order valence-electron chi connectivity index (χ4n) is 2.13. The molecule has 1 aromatic rings. The van der Waals surface area contributed by atoms with E-state index in [1.54, 1.807) is 18.4 Å². The van der Waals surface area contributed by atoms with Crippen LogP contribution in [-0.4, -0.2) is 51.3 Å². The molecule has 0 aromatic carbocycles. The summed E-state index contributed by atoms with van der Waals surface area (Å²) < 4.78 is 5.76. The van der Waals surface area contributed by atoms with Gasteiger partial charge in [0, 0.05) is 39.7 Å². The number of hydrogen-bond acceptors (Lipinski definition) is 5. The molecule has 1 unspecified atom stereocenters. The predicted molar refractivity (Wildman–Crippen MR) is 115 cm³/mol. The Morgan fingerprint density at radius 1 is 1.38 bits per heavy atom. The first-order valence-electron chi connectivity index (χ1n) is 8.15. The molecule has 8 heteroatoms. The van der Waals surface area contributed by atoms with Crippen molar-refractivity contribution < 1.29 is 4.74 Å². The van der Waals surface area contributed by atoms with E-state index in [4.69, 9.17) is 4.74 Å². The maximum atomic E-state index is 5.76. The van der Waals surface area contributed by atoms with Crippen molar-refractivity contribution in [3.05, 3.63) is 11.1 Å². The minimum absolute atomic E-state index is 0. The molecule has 0 saturated heterocycles. The second kappa shape index (κ2) is 12.7. The lowest BCUT2D eigenvalue weighted by Gasteiger charge is -2.21. The summed E-state index contributed by atoms with van der Waals surface area (Å²) in [6, 6.07) is 0. The maximum absolute atomic E-state index is 5.76. The lowest BCUT2D eigenvalue weighted by Crippen LogP contribution is -2.39. The molecule has 1 rings (SSSR count). The van der Waals surface area contributed by atoms with Gasteiger partial charge in [0.15, 0.2) is 11.1 Å². The molecule has 1 heterocycles. The van der Waals surface area contributed by atoms with Crippen LogP contribution in [0.4, 0.5) is 5.13 Å². The summed E-state index contributed by atoms with van der Waals surface area (Å²) in [7, 11) is 5.78. The Kier molecular flexibility index (Phi) is 12.4. The highest BCUT2D eigenvalue weighted by molar-refractivity contribution is 14.0. The van der Waals surface area contributed by atoms with E-state index in [-0.39, 0.29) is 30.1 Å². The summed E-state index contributed by atoms with van der Waals surface area (Å²) in [4.78, 5) is 10.8. The van der Waals surface area contributed by atoms with E-state index < -0.39 is 0 Å². The van der Waals surface area contributed by atoms with Crippen molar-refractivity contribution in [1.29, 1.82) is 0 Å². The number of nitrogens with zero attached hydrogens (tertiary/aromatic N) is 3. The number of aliphatic imine (C=N–C) groups is 1. The number of anilines is 1. The smallest absolute Gasteiger partial charge is 0.191 e. The van der Waals surface area contributed by atoms with E-state index >= 15 is 0 Å². The standard InChI is InChI=1S/C16H31N5OS.HI/c1-7-22-14(12(2)3)8-9-18-15(17-4)19-10-13-11-23-16(20-13)21(5)6;/h11-12,14H,7-10H2,1-6H3,(H2,17,18,19);1H. The Labute approximate surface area is 167 Å². The molecule has 0 radical (unpaired) electrons. The predicted octanol–water partition coefficient (Wildman–Crippen LogP) is 2.94. The van der Waals surface area contributed by atoms with Crippen LogP contribution in [0.3, 0.4) is 0 Å². The van der Waals surface area contributed by atoms with Crippen LogP contribution in [0, 0.1) is 5.92 Å². The number of nitrogens with one attached hydrogen (secondary N) is 2. The SMILES string of the molecule is CCOC(CCNC(=NC)NCc1csc(N(C)C)n1)C(C)C.I. The van der Waals surface area contributed by atoms with Gasteiger partial charge in [-0.05, 0) is 19.3 Å². The van der Waals surface area contributed by atoms with Gasteiger partial charge in [-0.3, -0.25) is 4.99 Å². The summed E-state index contributed by atoms with van der Waals surface area (Å²) in [5.41, 5.74) is 1.02. The third-order valence-corrected chi connectivity index (χ3v) is 4.49. The minimum atomic E-state index is 0. The molecule has 0 fully saturated rings. The number of halogens is 1. The molecule has 140 valence electrons. The van der Waals surface area contributed by atoms with Crippen molar-refractivity contribution in [3.63, 3.8) is 0 Å². The van der Waals surface area contributed by atoms with E-state index in [1.165, 1.54) is 0 Å². The molecule has 1 aromatic heterocycles. The summed E-state index contributed by atoms with van der Waals surface area (Å²) in [6.45, 7) is 8.69. The molecular weight excluding hydrogens is 437 g/mol. The van der Waals surface area contributed by atoms with E-state index in [0.29, 0.717) is 12.5 Å². The molecule has 0 aliphatic heterocycles. The fourth-order valence-corrected chi connectivity index (χ4v) is 2.89. The van der Waals surface area contributed by atoms with E-state index in [9.17, 15) is 0 Å². The molecule has 0 spiro atoms. The number of thiazole rings is 1. The van der Waals surface area contributed by atoms with Crippen molar-refractivity contribution in [2.75, 3.05) is 39.2 Å². The van der Waals surface area contributed by atoms with Gasteiger partial charge in [-0.2, -0.15) is 0 Å². The topological polar surface area (TPSA) is 61.8 Å². The van der Waals surface area contributed by atoms with Gasteiger partial charge < -0.3 is 20.3 Å². The van der Waals surface area contributed by atoms with E-state index in [0.717, 1.165) is 36.4 Å². The molecular formula is C16H32IN5OS. The number of ether oxygens (including phenoxy) is 1. The lowest BCUT2D eigenvalue weighted by atomic mass is 10.0. The third-order valence-electron chi connectivity index (χ3n) is 3.43. The Morgan fingerprint density at radius 2 is 2.08 bits per heavy atom. The largest absolute Gasteiger partial charge is 0.378 e. The van der Waals surface area contributed by atoms with Gasteiger partial charge in [-0.1, -0.05) is 13.8 Å². The van der Waals surface area contributed by atoms with Gasteiger partial charge in [0.1, 0.15) is 0 Å². The van der Waals surface area contributed by atoms with Crippen LogP contribution in [0.5, 0.6) is 0 Å². The Hall–Kier alpha value is -0.610. The van der Waals surface area contributed by atoms with Crippen molar-refractivity contribution in [3.8, 4) is 0 Å². The summed E-state index contributed by atoms with van der Waals surface area (Å²) in [5.74, 6) is 1.31. The van der Waals surface area contributed by atoms with Crippen LogP contribution in [0.2, 0.25) is 0 Å². The average molecular weight is 469 g/mol. The Bertz CT molecular complexity index is 479. The van der Waals surface area contributed by atoms with Crippen molar-refractivity contribution in [2.45, 2.75) is 39.8 Å². The first-order valence-corrected chi connectivity index (χ1v) is 9.03. The van der Waals surface area contributed by atoms with E-state index in [1.807, 2.05) is 25.9 Å². The highest BCUT2D eigenvalue weighted by atomic mass is 127. The molecule has 0 bridgehead atoms. The zero-order valence-electron chi connectivity index (χ0n) is 15.6. The molecule has 1 atom stereocenters. The fraction of sp³-hybridized carbons (Fsp3) is 0.750. The maximum Gasteiger partial charge on any atom is 0.191 e. The number of guanidine groups is 1. The summed E-state index contributed by atoms with van der Waals surface area (Å²) >= 11 is 1.65. The van der Waals surface area contributed by atoms with Gasteiger partial charge in [0.25, 0.3) is 0 Å². The van der Waals surface area contributed by atoms with Crippen LogP contribution in [-0.2, 0) is 11.3 Å². The van der Waals surface area contributed by atoms with Gasteiger partial charge >= 0.3 is 0 Å². The van der Waals surface area contributed by atoms with Crippen LogP contribution < -0.4 is 15.5 Å². The minimum Gasteiger partial charge on any atom is -0.378 e. The van der Waals surface area contributed by atoms with Crippen molar-refractivity contribution in [1.82, 2.24) is 15.6 Å². The highest BCUT2D eigenvalue weighted by Crippen LogP contribution is 2.17. The Morgan fingerprint density at radius 3 is 2.58 bits per heavy atom. The van der Waals surface area contributed by atoms with Crippen LogP contribution >= 0.6 is 35.3 Å². The molecule has 24 heavy (non-hydrogen) atoms. The van der Waals surface area contributed by atoms with Crippen LogP contribution in [0.15, 0.2) is 10.4 Å². The summed E-state index contributed by atoms with van der Waals surface area (Å²) in [5, 5.41) is 9.72. The lowest BCUT2D eigenvalue weighted by molar-refractivity contribution is 0.0258. The van der Waals surface area contributed by atoms with Gasteiger partial charge in [0.2, 0.25) is 0 Å². The van der Waals surface area contributed by atoms with Gasteiger partial charge in [0.05, 0.1) is 18.3 Å². The molecule has 0 saturated carbocycles. The zero-order valence-corrected chi connectivity index (χ0v) is 18.8. The number of aromatic nitrogens is 1. The van der Waals surface area contributed by atoms with Gasteiger partial charge in [-0.25, -0.2) is 4.98 Å². The number of rotatable bonds is 9. The van der Waals surface area contributed by atoms with Crippen LogP contribution in [0.25, 0.3) is 0 Å².